The van der Waals surface area contributed by atoms with Crippen LogP contribution in [0.4, 0.5) is 0 Å². The van der Waals surface area contributed by atoms with Gasteiger partial charge in [0.1, 0.15) is 5.75 Å². The summed E-state index contributed by atoms with van der Waals surface area (Å²) in [6, 6.07) is 9.84. The van der Waals surface area contributed by atoms with Gasteiger partial charge in [0.25, 0.3) is 5.91 Å². The molecule has 1 N–H and O–H groups in total. The van der Waals surface area contributed by atoms with Gasteiger partial charge in [0.05, 0.1) is 37.7 Å². The maximum Gasteiger partial charge on any atom is 0.290 e. The molecule has 1 atom stereocenters. The smallest absolute Gasteiger partial charge is 0.290 e. The average Bonchev–Trinajstić information content (AvgIpc) is 3.48. The second-order valence-electron chi connectivity index (χ2n) is 9.38. The van der Waals surface area contributed by atoms with Crippen LogP contribution in [-0.4, -0.2) is 72.6 Å². The van der Waals surface area contributed by atoms with E-state index in [2.05, 4.69) is 18.7 Å². The number of benzene rings is 1. The van der Waals surface area contributed by atoms with Gasteiger partial charge in [-0.25, -0.2) is 0 Å². The van der Waals surface area contributed by atoms with Gasteiger partial charge in [-0.05, 0) is 48.6 Å². The molecule has 2 aliphatic heterocycles. The molecule has 4 rings (SSSR count). The van der Waals surface area contributed by atoms with E-state index in [1.807, 2.05) is 24.3 Å². The van der Waals surface area contributed by atoms with Gasteiger partial charge < -0.3 is 23.9 Å². The summed E-state index contributed by atoms with van der Waals surface area (Å²) in [6.07, 6.45) is 3.03. The Labute approximate surface area is 206 Å². The lowest BCUT2D eigenvalue weighted by atomic mass is 9.95. The van der Waals surface area contributed by atoms with Crippen molar-refractivity contribution in [2.75, 3.05) is 46.0 Å². The van der Waals surface area contributed by atoms with Crippen molar-refractivity contribution in [3.05, 3.63) is 65.3 Å². The number of Topliss-reactive ketones (excluding diaryl/α,β-unsaturated/α-hetero) is 1. The Kier molecular flexibility index (Phi) is 8.25. The number of aliphatic hydroxyl groups is 1. The molecule has 1 aromatic carbocycles. The molecule has 2 aliphatic rings. The van der Waals surface area contributed by atoms with Gasteiger partial charge in [0, 0.05) is 26.2 Å². The topological polar surface area (TPSA) is 92.5 Å². The van der Waals surface area contributed by atoms with E-state index in [4.69, 9.17) is 13.9 Å². The third-order valence-electron chi connectivity index (χ3n) is 6.41. The largest absolute Gasteiger partial charge is 0.503 e. The molecule has 188 valence electrons. The van der Waals surface area contributed by atoms with Crippen LogP contribution >= 0.6 is 0 Å². The number of aliphatic hydroxyl groups excluding tert-OH is 1. The quantitative estimate of drug-likeness (QED) is 0.484. The SMILES string of the molecule is CC(C)CCOc1cccc(C2C(C(=O)c3ccco3)=C(O)C(=O)N2CCCN2CCOCC2)c1. The number of carbonyl (C=O) groups excluding carboxylic acids is 2. The Hall–Kier alpha value is -3.10. The van der Waals surface area contributed by atoms with Gasteiger partial charge in [-0.3, -0.25) is 14.5 Å². The molecule has 1 amide bonds. The van der Waals surface area contributed by atoms with E-state index in [1.54, 1.807) is 11.0 Å². The maximum atomic E-state index is 13.3. The highest BCUT2D eigenvalue weighted by molar-refractivity contribution is 6.15. The predicted molar refractivity (Wildman–Crippen MR) is 130 cm³/mol. The molecule has 3 heterocycles. The lowest BCUT2D eigenvalue weighted by molar-refractivity contribution is -0.129. The zero-order valence-corrected chi connectivity index (χ0v) is 20.4. The molecular weight excluding hydrogens is 448 g/mol. The van der Waals surface area contributed by atoms with Gasteiger partial charge in [0.2, 0.25) is 5.78 Å². The average molecular weight is 483 g/mol. The molecule has 1 aromatic heterocycles. The Morgan fingerprint density at radius 2 is 1.97 bits per heavy atom. The number of furan rings is 1. The molecular formula is C27H34N2O6. The first-order chi connectivity index (χ1) is 17.0. The van der Waals surface area contributed by atoms with Crippen LogP contribution in [0.2, 0.25) is 0 Å². The summed E-state index contributed by atoms with van der Waals surface area (Å²) >= 11 is 0. The van der Waals surface area contributed by atoms with Gasteiger partial charge in [0.15, 0.2) is 11.5 Å². The van der Waals surface area contributed by atoms with Crippen molar-refractivity contribution < 1.29 is 28.6 Å². The molecule has 1 unspecified atom stereocenters. The first kappa shape index (κ1) is 25.0. The van der Waals surface area contributed by atoms with Crippen molar-refractivity contribution in [1.29, 1.82) is 0 Å². The second-order valence-corrected chi connectivity index (χ2v) is 9.38. The van der Waals surface area contributed by atoms with Crippen molar-refractivity contribution in [3.63, 3.8) is 0 Å². The van der Waals surface area contributed by atoms with Crippen LogP contribution in [0.1, 0.15) is 48.8 Å². The Bertz CT molecular complexity index is 1040. The zero-order chi connectivity index (χ0) is 24.8. The minimum atomic E-state index is -0.724. The van der Waals surface area contributed by atoms with E-state index in [0.717, 1.165) is 26.1 Å². The summed E-state index contributed by atoms with van der Waals surface area (Å²) in [5, 5.41) is 10.8. The van der Waals surface area contributed by atoms with Crippen LogP contribution in [0.3, 0.4) is 0 Å². The van der Waals surface area contributed by atoms with Crippen LogP contribution in [0.5, 0.6) is 5.75 Å². The highest BCUT2D eigenvalue weighted by atomic mass is 16.5. The number of rotatable bonds is 11. The van der Waals surface area contributed by atoms with Gasteiger partial charge in [-0.2, -0.15) is 0 Å². The minimum absolute atomic E-state index is 0.0376. The number of ether oxygens (including phenoxy) is 2. The second kappa shape index (κ2) is 11.6. The summed E-state index contributed by atoms with van der Waals surface area (Å²) < 4.78 is 16.6. The van der Waals surface area contributed by atoms with Crippen molar-refractivity contribution in [3.8, 4) is 5.75 Å². The van der Waals surface area contributed by atoms with Gasteiger partial charge in [-0.15, -0.1) is 0 Å². The number of ketones is 1. The molecule has 0 aliphatic carbocycles. The number of amides is 1. The van der Waals surface area contributed by atoms with Gasteiger partial charge in [-0.1, -0.05) is 26.0 Å². The fourth-order valence-corrected chi connectivity index (χ4v) is 4.48. The summed E-state index contributed by atoms with van der Waals surface area (Å²) in [7, 11) is 0. The summed E-state index contributed by atoms with van der Waals surface area (Å²) in [5.41, 5.74) is 0.751. The van der Waals surface area contributed by atoms with Crippen LogP contribution in [-0.2, 0) is 9.53 Å². The predicted octanol–water partition coefficient (Wildman–Crippen LogP) is 4.01. The molecule has 1 fully saturated rings. The van der Waals surface area contributed by atoms with Crippen LogP contribution in [0.15, 0.2) is 58.4 Å². The number of hydrogen-bond acceptors (Lipinski definition) is 7. The number of hydrogen-bond donors (Lipinski definition) is 1. The first-order valence-electron chi connectivity index (χ1n) is 12.3. The third-order valence-corrected chi connectivity index (χ3v) is 6.41. The highest BCUT2D eigenvalue weighted by Crippen LogP contribution is 2.40. The first-order valence-corrected chi connectivity index (χ1v) is 12.3. The fourth-order valence-electron chi connectivity index (χ4n) is 4.48. The van der Waals surface area contributed by atoms with Crippen LogP contribution in [0, 0.1) is 5.92 Å². The van der Waals surface area contributed by atoms with Crippen LogP contribution in [0.25, 0.3) is 0 Å². The lowest BCUT2D eigenvalue weighted by Crippen LogP contribution is -2.39. The molecule has 2 aromatic rings. The molecule has 35 heavy (non-hydrogen) atoms. The molecule has 1 saturated heterocycles. The van der Waals surface area contributed by atoms with E-state index in [9.17, 15) is 14.7 Å². The summed E-state index contributed by atoms with van der Waals surface area (Å²) in [6.45, 7) is 9.19. The van der Waals surface area contributed by atoms with E-state index in [1.165, 1.54) is 12.3 Å². The molecule has 0 saturated carbocycles. The highest BCUT2D eigenvalue weighted by Gasteiger charge is 2.44. The van der Waals surface area contributed by atoms with E-state index >= 15 is 0 Å². The number of carbonyl (C=O) groups is 2. The normalized spacial score (nSPS) is 19.1. The summed E-state index contributed by atoms with van der Waals surface area (Å²) in [5.74, 6) is -0.284. The Balaban J connectivity index is 1.58. The fraction of sp³-hybridized carbons (Fsp3) is 0.481. The Morgan fingerprint density at radius 3 is 2.69 bits per heavy atom. The van der Waals surface area contributed by atoms with Crippen LogP contribution < -0.4 is 4.74 Å². The van der Waals surface area contributed by atoms with Gasteiger partial charge >= 0.3 is 0 Å². The van der Waals surface area contributed by atoms with E-state index in [-0.39, 0.29) is 11.3 Å². The monoisotopic (exact) mass is 482 g/mol. The molecule has 0 bridgehead atoms. The maximum absolute atomic E-state index is 13.3. The molecule has 0 radical (unpaired) electrons. The van der Waals surface area contributed by atoms with Crippen molar-refractivity contribution in [1.82, 2.24) is 9.80 Å². The Morgan fingerprint density at radius 1 is 1.17 bits per heavy atom. The standard InChI is InChI=1S/C27H34N2O6/c1-19(2)9-15-34-21-7-3-6-20(18-21)24-23(25(30)22-8-4-14-35-22)26(31)27(32)29(24)11-5-10-28-12-16-33-17-13-28/h3-4,6-8,14,18-19,24,31H,5,9-13,15-17H2,1-2H3. The van der Waals surface area contributed by atoms with Crippen molar-refractivity contribution in [2.45, 2.75) is 32.7 Å². The van der Waals surface area contributed by atoms with Crippen molar-refractivity contribution >= 4 is 11.7 Å². The third kappa shape index (κ3) is 5.94. The lowest BCUT2D eigenvalue weighted by Gasteiger charge is -2.30. The zero-order valence-electron chi connectivity index (χ0n) is 20.4. The molecule has 8 nitrogen and oxygen atoms in total. The van der Waals surface area contributed by atoms with E-state index < -0.39 is 23.5 Å². The van der Waals surface area contributed by atoms with E-state index in [0.29, 0.717) is 50.0 Å². The molecule has 0 spiro atoms. The minimum Gasteiger partial charge on any atom is -0.503 e. The summed E-state index contributed by atoms with van der Waals surface area (Å²) in [4.78, 5) is 30.3. The number of morpholine rings is 1. The number of nitrogens with zero attached hydrogens (tertiary/aromatic N) is 2. The molecule has 8 heteroatoms. The van der Waals surface area contributed by atoms with Crippen molar-refractivity contribution in [2.24, 2.45) is 5.92 Å².